The standard InChI is InChI=1S/C21H19NO3/c1-2-22-19-10-6-5-9-18(19)21(24)25-14-20(23)17-12-11-15-7-3-4-8-16(15)13-17/h3-13,22H,2,14H2,1H3. The van der Waals surface area contributed by atoms with Gasteiger partial charge in [-0.3, -0.25) is 4.79 Å². The van der Waals surface area contributed by atoms with Crippen molar-refractivity contribution >= 4 is 28.2 Å². The van der Waals surface area contributed by atoms with Crippen LogP contribution in [-0.4, -0.2) is 24.9 Å². The zero-order valence-corrected chi connectivity index (χ0v) is 14.0. The number of anilines is 1. The smallest absolute Gasteiger partial charge is 0.340 e. The summed E-state index contributed by atoms with van der Waals surface area (Å²) in [6, 6.07) is 20.4. The topological polar surface area (TPSA) is 55.4 Å². The minimum atomic E-state index is -0.509. The molecule has 0 fully saturated rings. The molecule has 0 atom stereocenters. The SMILES string of the molecule is CCNc1ccccc1C(=O)OCC(=O)c1ccc2ccccc2c1. The number of fused-ring (bicyclic) bond motifs is 1. The van der Waals surface area contributed by atoms with Crippen LogP contribution in [0.5, 0.6) is 0 Å². The van der Waals surface area contributed by atoms with E-state index in [-0.39, 0.29) is 12.4 Å². The quantitative estimate of drug-likeness (QED) is 0.539. The summed E-state index contributed by atoms with van der Waals surface area (Å²) in [6.07, 6.45) is 0. The molecule has 3 aromatic rings. The zero-order valence-electron chi connectivity index (χ0n) is 14.0. The number of hydrogen-bond acceptors (Lipinski definition) is 4. The minimum Gasteiger partial charge on any atom is -0.454 e. The highest BCUT2D eigenvalue weighted by molar-refractivity contribution is 6.03. The maximum atomic E-state index is 12.3. The molecule has 126 valence electrons. The van der Waals surface area contributed by atoms with Gasteiger partial charge in [-0.15, -0.1) is 0 Å². The fourth-order valence-electron chi connectivity index (χ4n) is 2.66. The molecule has 0 bridgehead atoms. The molecular weight excluding hydrogens is 314 g/mol. The van der Waals surface area contributed by atoms with E-state index in [9.17, 15) is 9.59 Å². The Kier molecular flexibility index (Phi) is 5.09. The molecule has 3 rings (SSSR count). The van der Waals surface area contributed by atoms with Crippen LogP contribution in [0.15, 0.2) is 66.7 Å². The first-order valence-corrected chi connectivity index (χ1v) is 8.21. The molecule has 0 aliphatic rings. The molecule has 0 amide bonds. The number of ether oxygens (including phenoxy) is 1. The predicted molar refractivity (Wildman–Crippen MR) is 99.2 cm³/mol. The van der Waals surface area contributed by atoms with Crippen LogP contribution in [0.1, 0.15) is 27.6 Å². The van der Waals surface area contributed by atoms with Crippen LogP contribution in [0.25, 0.3) is 10.8 Å². The number of carbonyl (C=O) groups excluding carboxylic acids is 2. The van der Waals surface area contributed by atoms with Crippen LogP contribution < -0.4 is 5.32 Å². The van der Waals surface area contributed by atoms with Gasteiger partial charge in [0.05, 0.1) is 5.56 Å². The Bertz CT molecular complexity index is 918. The van der Waals surface area contributed by atoms with Crippen LogP contribution in [-0.2, 0) is 4.74 Å². The first kappa shape index (κ1) is 16.7. The van der Waals surface area contributed by atoms with Crippen molar-refractivity contribution < 1.29 is 14.3 Å². The van der Waals surface area contributed by atoms with E-state index >= 15 is 0 Å². The summed E-state index contributed by atoms with van der Waals surface area (Å²) in [6.45, 7) is 2.36. The fourth-order valence-corrected chi connectivity index (χ4v) is 2.66. The third kappa shape index (κ3) is 3.86. The number of Topliss-reactive ketones (excluding diaryl/α,β-unsaturated/α-hetero) is 1. The summed E-state index contributed by atoms with van der Waals surface area (Å²) in [5, 5.41) is 5.16. The van der Waals surface area contributed by atoms with Gasteiger partial charge in [0, 0.05) is 17.8 Å². The van der Waals surface area contributed by atoms with Crippen LogP contribution in [0.2, 0.25) is 0 Å². The van der Waals surface area contributed by atoms with E-state index in [0.29, 0.717) is 23.4 Å². The van der Waals surface area contributed by atoms with Crippen molar-refractivity contribution in [1.29, 1.82) is 0 Å². The van der Waals surface area contributed by atoms with Gasteiger partial charge >= 0.3 is 5.97 Å². The van der Waals surface area contributed by atoms with Crippen molar-refractivity contribution in [3.8, 4) is 0 Å². The van der Waals surface area contributed by atoms with Gasteiger partial charge in [-0.1, -0.05) is 48.5 Å². The number of para-hydroxylation sites is 1. The van der Waals surface area contributed by atoms with Gasteiger partial charge in [0.25, 0.3) is 0 Å². The van der Waals surface area contributed by atoms with Gasteiger partial charge in [-0.2, -0.15) is 0 Å². The molecule has 0 saturated heterocycles. The monoisotopic (exact) mass is 333 g/mol. The number of rotatable bonds is 6. The molecule has 0 aliphatic carbocycles. The summed E-state index contributed by atoms with van der Waals surface area (Å²) < 4.78 is 5.21. The van der Waals surface area contributed by atoms with E-state index in [1.54, 1.807) is 18.2 Å². The lowest BCUT2D eigenvalue weighted by Crippen LogP contribution is -2.15. The Morgan fingerprint density at radius 2 is 1.64 bits per heavy atom. The van der Waals surface area contributed by atoms with Crippen LogP contribution >= 0.6 is 0 Å². The highest BCUT2D eigenvalue weighted by atomic mass is 16.5. The van der Waals surface area contributed by atoms with E-state index in [1.165, 1.54) is 0 Å². The Balaban J connectivity index is 1.70. The van der Waals surface area contributed by atoms with Crippen molar-refractivity contribution in [2.45, 2.75) is 6.92 Å². The second-order valence-electron chi connectivity index (χ2n) is 5.64. The predicted octanol–water partition coefficient (Wildman–Crippen LogP) is 4.31. The van der Waals surface area contributed by atoms with E-state index in [2.05, 4.69) is 5.32 Å². The summed E-state index contributed by atoms with van der Waals surface area (Å²) in [5.41, 5.74) is 1.66. The lowest BCUT2D eigenvalue weighted by Gasteiger charge is -2.10. The average Bonchev–Trinajstić information content (AvgIpc) is 2.66. The molecule has 0 aliphatic heterocycles. The normalized spacial score (nSPS) is 10.4. The highest BCUT2D eigenvalue weighted by Gasteiger charge is 2.15. The fraction of sp³-hybridized carbons (Fsp3) is 0.143. The van der Waals surface area contributed by atoms with Crippen molar-refractivity contribution in [2.75, 3.05) is 18.5 Å². The molecule has 4 nitrogen and oxygen atoms in total. The number of benzene rings is 3. The van der Waals surface area contributed by atoms with E-state index < -0.39 is 5.97 Å². The molecule has 25 heavy (non-hydrogen) atoms. The maximum absolute atomic E-state index is 12.3. The van der Waals surface area contributed by atoms with E-state index in [0.717, 1.165) is 10.8 Å². The molecule has 1 N–H and O–H groups in total. The summed E-state index contributed by atoms with van der Waals surface area (Å²) in [4.78, 5) is 24.6. The first-order chi connectivity index (χ1) is 12.2. The van der Waals surface area contributed by atoms with Crippen molar-refractivity contribution in [3.63, 3.8) is 0 Å². The van der Waals surface area contributed by atoms with Crippen LogP contribution in [0.3, 0.4) is 0 Å². The Morgan fingerprint density at radius 1 is 0.920 bits per heavy atom. The molecule has 4 heteroatoms. The van der Waals surface area contributed by atoms with Gasteiger partial charge in [0.2, 0.25) is 0 Å². The number of ketones is 1. The summed E-state index contributed by atoms with van der Waals surface area (Å²) in [5.74, 6) is -0.731. The molecule has 3 aromatic carbocycles. The average molecular weight is 333 g/mol. The van der Waals surface area contributed by atoms with Gasteiger partial charge in [-0.25, -0.2) is 4.79 Å². The summed E-state index contributed by atoms with van der Waals surface area (Å²) >= 11 is 0. The van der Waals surface area contributed by atoms with Gasteiger partial charge in [-0.05, 0) is 35.9 Å². The lowest BCUT2D eigenvalue weighted by molar-refractivity contribution is 0.0475. The largest absolute Gasteiger partial charge is 0.454 e. The van der Waals surface area contributed by atoms with Crippen molar-refractivity contribution in [2.24, 2.45) is 0 Å². The third-order valence-electron chi connectivity index (χ3n) is 3.92. The third-order valence-corrected chi connectivity index (χ3v) is 3.92. The molecule has 0 radical (unpaired) electrons. The second kappa shape index (κ2) is 7.62. The van der Waals surface area contributed by atoms with Gasteiger partial charge in [0.1, 0.15) is 0 Å². The maximum Gasteiger partial charge on any atom is 0.340 e. The highest BCUT2D eigenvalue weighted by Crippen LogP contribution is 2.18. The van der Waals surface area contributed by atoms with Crippen LogP contribution in [0.4, 0.5) is 5.69 Å². The number of carbonyl (C=O) groups is 2. The lowest BCUT2D eigenvalue weighted by atomic mass is 10.0. The van der Waals surface area contributed by atoms with Gasteiger partial charge in [0.15, 0.2) is 12.4 Å². The number of esters is 1. The zero-order chi connectivity index (χ0) is 17.6. The molecule has 0 spiro atoms. The van der Waals surface area contributed by atoms with E-state index in [4.69, 9.17) is 4.74 Å². The minimum absolute atomic E-state index is 0.222. The second-order valence-corrected chi connectivity index (χ2v) is 5.64. The number of hydrogen-bond donors (Lipinski definition) is 1. The molecule has 0 saturated carbocycles. The van der Waals surface area contributed by atoms with Gasteiger partial charge < -0.3 is 10.1 Å². The van der Waals surface area contributed by atoms with Crippen molar-refractivity contribution in [1.82, 2.24) is 0 Å². The molecular formula is C21H19NO3. The Morgan fingerprint density at radius 3 is 2.44 bits per heavy atom. The van der Waals surface area contributed by atoms with E-state index in [1.807, 2.05) is 55.5 Å². The molecule has 0 aromatic heterocycles. The summed E-state index contributed by atoms with van der Waals surface area (Å²) in [7, 11) is 0. The number of nitrogens with one attached hydrogen (secondary N) is 1. The van der Waals surface area contributed by atoms with Crippen molar-refractivity contribution in [3.05, 3.63) is 77.9 Å². The molecule has 0 heterocycles. The van der Waals surface area contributed by atoms with Crippen LogP contribution in [0, 0.1) is 0 Å². The molecule has 0 unspecified atom stereocenters. The Hall–Kier alpha value is -3.14. The first-order valence-electron chi connectivity index (χ1n) is 8.21. The Labute approximate surface area is 146 Å².